The lowest BCUT2D eigenvalue weighted by Crippen LogP contribution is -2.23. The Morgan fingerprint density at radius 2 is 2.32 bits per heavy atom. The summed E-state index contributed by atoms with van der Waals surface area (Å²) in [4.78, 5) is 15.9. The van der Waals surface area contributed by atoms with E-state index in [9.17, 15) is 4.79 Å². The number of aromatic nitrogens is 1. The number of pyridine rings is 1. The molecule has 0 saturated heterocycles. The van der Waals surface area contributed by atoms with Gasteiger partial charge in [0.15, 0.2) is 0 Å². The van der Waals surface area contributed by atoms with E-state index in [1.807, 2.05) is 16.8 Å². The highest BCUT2D eigenvalue weighted by atomic mass is 32.1. The summed E-state index contributed by atoms with van der Waals surface area (Å²) in [5.74, 6) is 5.40. The van der Waals surface area contributed by atoms with Crippen LogP contribution in [0.5, 0.6) is 0 Å². The van der Waals surface area contributed by atoms with E-state index in [1.54, 1.807) is 29.7 Å². The topological polar surface area (TPSA) is 68.0 Å². The van der Waals surface area contributed by atoms with Crippen LogP contribution in [-0.2, 0) is 6.54 Å². The standard InChI is InChI=1S/C14H13N3OS/c15-6-1-2-11-3-4-13(16-8-11)14(18)17-9-12-5-7-19-10-12/h3-5,7-8,10H,6,9,15H2,(H,17,18). The summed E-state index contributed by atoms with van der Waals surface area (Å²) in [7, 11) is 0. The Kier molecular flexibility index (Phi) is 4.67. The van der Waals surface area contributed by atoms with Crippen LogP contribution in [0.2, 0.25) is 0 Å². The third-order valence-electron chi connectivity index (χ3n) is 2.36. The first kappa shape index (κ1) is 13.3. The molecule has 4 nitrogen and oxygen atoms in total. The minimum absolute atomic E-state index is 0.190. The molecule has 2 rings (SSSR count). The zero-order valence-electron chi connectivity index (χ0n) is 10.2. The Labute approximate surface area is 115 Å². The molecule has 0 saturated carbocycles. The molecule has 0 radical (unpaired) electrons. The molecule has 0 spiro atoms. The molecule has 0 fully saturated rings. The van der Waals surface area contributed by atoms with Crippen LogP contribution < -0.4 is 11.1 Å². The summed E-state index contributed by atoms with van der Waals surface area (Å²) < 4.78 is 0. The highest BCUT2D eigenvalue weighted by Gasteiger charge is 2.06. The molecule has 0 aliphatic carbocycles. The average Bonchev–Trinajstić information content (AvgIpc) is 2.96. The van der Waals surface area contributed by atoms with Gasteiger partial charge in [-0.3, -0.25) is 4.79 Å². The molecule has 19 heavy (non-hydrogen) atoms. The average molecular weight is 271 g/mol. The molecule has 0 aliphatic heterocycles. The third kappa shape index (κ3) is 3.91. The van der Waals surface area contributed by atoms with Gasteiger partial charge in [0.1, 0.15) is 5.69 Å². The van der Waals surface area contributed by atoms with Crippen molar-refractivity contribution in [3.8, 4) is 11.8 Å². The zero-order valence-corrected chi connectivity index (χ0v) is 11.0. The second-order valence-electron chi connectivity index (χ2n) is 3.75. The lowest BCUT2D eigenvalue weighted by molar-refractivity contribution is 0.0946. The van der Waals surface area contributed by atoms with Gasteiger partial charge in [-0.1, -0.05) is 11.8 Å². The van der Waals surface area contributed by atoms with Gasteiger partial charge >= 0.3 is 0 Å². The molecule has 1 amide bonds. The van der Waals surface area contributed by atoms with Gasteiger partial charge in [0.05, 0.1) is 6.54 Å². The van der Waals surface area contributed by atoms with E-state index in [4.69, 9.17) is 5.73 Å². The van der Waals surface area contributed by atoms with Gasteiger partial charge in [-0.2, -0.15) is 11.3 Å². The Balaban J connectivity index is 1.95. The lowest BCUT2D eigenvalue weighted by atomic mass is 10.2. The van der Waals surface area contributed by atoms with Gasteiger partial charge in [-0.15, -0.1) is 0 Å². The van der Waals surface area contributed by atoms with E-state index in [-0.39, 0.29) is 5.91 Å². The fraction of sp³-hybridized carbons (Fsp3) is 0.143. The van der Waals surface area contributed by atoms with Crippen molar-refractivity contribution >= 4 is 17.2 Å². The van der Waals surface area contributed by atoms with E-state index in [2.05, 4.69) is 22.1 Å². The number of hydrogen-bond acceptors (Lipinski definition) is 4. The highest BCUT2D eigenvalue weighted by molar-refractivity contribution is 7.07. The van der Waals surface area contributed by atoms with Crippen molar-refractivity contribution in [2.45, 2.75) is 6.54 Å². The number of thiophene rings is 1. The van der Waals surface area contributed by atoms with Crippen LogP contribution in [0.3, 0.4) is 0 Å². The minimum atomic E-state index is -0.190. The Morgan fingerprint density at radius 1 is 1.42 bits per heavy atom. The molecule has 0 atom stereocenters. The predicted molar refractivity (Wildman–Crippen MR) is 75.7 cm³/mol. The summed E-state index contributed by atoms with van der Waals surface area (Å²) in [6, 6.07) is 5.39. The van der Waals surface area contributed by atoms with Crippen LogP contribution in [0.4, 0.5) is 0 Å². The van der Waals surface area contributed by atoms with E-state index in [0.717, 1.165) is 11.1 Å². The van der Waals surface area contributed by atoms with E-state index in [0.29, 0.717) is 18.8 Å². The van der Waals surface area contributed by atoms with Crippen molar-refractivity contribution in [3.63, 3.8) is 0 Å². The molecular formula is C14H13N3OS. The van der Waals surface area contributed by atoms with Gasteiger partial charge in [-0.25, -0.2) is 4.98 Å². The SMILES string of the molecule is NCC#Cc1ccc(C(=O)NCc2ccsc2)nc1. The van der Waals surface area contributed by atoms with E-state index >= 15 is 0 Å². The monoisotopic (exact) mass is 271 g/mol. The summed E-state index contributed by atoms with van der Waals surface area (Å²) in [5.41, 5.74) is 7.50. The molecule has 0 unspecified atom stereocenters. The third-order valence-corrected chi connectivity index (χ3v) is 3.10. The van der Waals surface area contributed by atoms with Crippen molar-refractivity contribution < 1.29 is 4.79 Å². The molecule has 96 valence electrons. The van der Waals surface area contributed by atoms with E-state index < -0.39 is 0 Å². The quantitative estimate of drug-likeness (QED) is 0.829. The normalized spacial score (nSPS) is 9.53. The molecular weight excluding hydrogens is 258 g/mol. The second-order valence-corrected chi connectivity index (χ2v) is 4.53. The van der Waals surface area contributed by atoms with Crippen molar-refractivity contribution in [1.29, 1.82) is 0 Å². The second kappa shape index (κ2) is 6.69. The number of rotatable bonds is 3. The number of amides is 1. The van der Waals surface area contributed by atoms with Crippen molar-refractivity contribution in [2.24, 2.45) is 5.73 Å². The molecule has 2 heterocycles. The summed E-state index contributed by atoms with van der Waals surface area (Å²) in [6.07, 6.45) is 1.57. The van der Waals surface area contributed by atoms with Crippen molar-refractivity contribution in [2.75, 3.05) is 6.54 Å². The molecule has 0 bridgehead atoms. The number of nitrogens with zero attached hydrogens (tertiary/aromatic N) is 1. The smallest absolute Gasteiger partial charge is 0.270 e. The molecule has 5 heteroatoms. The van der Waals surface area contributed by atoms with Crippen molar-refractivity contribution in [1.82, 2.24) is 10.3 Å². The van der Waals surface area contributed by atoms with Gasteiger partial charge in [0, 0.05) is 18.3 Å². The van der Waals surface area contributed by atoms with Gasteiger partial charge in [0.25, 0.3) is 5.91 Å². The number of carbonyl (C=O) groups excluding carboxylic acids is 1. The van der Waals surface area contributed by atoms with Crippen molar-refractivity contribution in [3.05, 3.63) is 52.0 Å². The number of nitrogens with one attached hydrogen (secondary N) is 1. The van der Waals surface area contributed by atoms with Gasteiger partial charge < -0.3 is 11.1 Å². The fourth-order valence-electron chi connectivity index (χ4n) is 1.42. The summed E-state index contributed by atoms with van der Waals surface area (Å²) in [5, 5.41) is 6.79. The first-order chi connectivity index (χ1) is 9.29. The van der Waals surface area contributed by atoms with Gasteiger partial charge in [-0.05, 0) is 34.5 Å². The highest BCUT2D eigenvalue weighted by Crippen LogP contribution is 2.05. The number of nitrogens with two attached hydrogens (primary N) is 1. The van der Waals surface area contributed by atoms with Crippen LogP contribution in [0, 0.1) is 11.8 Å². The number of hydrogen-bond donors (Lipinski definition) is 2. The molecule has 3 N–H and O–H groups in total. The first-order valence-electron chi connectivity index (χ1n) is 5.74. The van der Waals surface area contributed by atoms with Crippen LogP contribution in [0.15, 0.2) is 35.2 Å². The predicted octanol–water partition coefficient (Wildman–Crippen LogP) is 1.38. The zero-order chi connectivity index (χ0) is 13.5. The summed E-state index contributed by atoms with van der Waals surface area (Å²) >= 11 is 1.60. The maximum Gasteiger partial charge on any atom is 0.270 e. The lowest BCUT2D eigenvalue weighted by Gasteiger charge is -2.03. The Bertz CT molecular complexity index is 594. The van der Waals surface area contributed by atoms with Crippen LogP contribution in [0.25, 0.3) is 0 Å². The maximum atomic E-state index is 11.8. The van der Waals surface area contributed by atoms with Crippen LogP contribution >= 0.6 is 11.3 Å². The molecule has 0 aliphatic rings. The van der Waals surface area contributed by atoms with Crippen LogP contribution in [0.1, 0.15) is 21.6 Å². The Hall–Kier alpha value is -2.16. The van der Waals surface area contributed by atoms with Gasteiger partial charge in [0.2, 0.25) is 0 Å². The molecule has 0 aromatic carbocycles. The van der Waals surface area contributed by atoms with Crippen LogP contribution in [-0.4, -0.2) is 17.4 Å². The Morgan fingerprint density at radius 3 is 2.95 bits per heavy atom. The van der Waals surface area contributed by atoms with E-state index in [1.165, 1.54) is 0 Å². The fourth-order valence-corrected chi connectivity index (χ4v) is 2.09. The minimum Gasteiger partial charge on any atom is -0.347 e. The molecule has 2 aromatic heterocycles. The summed E-state index contributed by atoms with van der Waals surface area (Å²) in [6.45, 7) is 0.821. The maximum absolute atomic E-state index is 11.8. The molecule has 2 aromatic rings. The number of carbonyl (C=O) groups is 1. The largest absolute Gasteiger partial charge is 0.347 e. The first-order valence-corrected chi connectivity index (χ1v) is 6.68.